The van der Waals surface area contributed by atoms with Gasteiger partial charge in [0.1, 0.15) is 17.3 Å². The average Bonchev–Trinajstić information content (AvgIpc) is 3.10. The molecule has 1 heterocycles. The lowest BCUT2D eigenvalue weighted by atomic mass is 9.94. The van der Waals surface area contributed by atoms with Gasteiger partial charge in [-0.2, -0.15) is 0 Å². The number of carbonyl (C=O) groups excluding carboxylic acids is 2. The van der Waals surface area contributed by atoms with E-state index in [0.29, 0.717) is 29.4 Å². The molecule has 7 heteroatoms. The summed E-state index contributed by atoms with van der Waals surface area (Å²) in [4.78, 5) is 28.0. The fourth-order valence-corrected chi connectivity index (χ4v) is 4.30. The Kier molecular flexibility index (Phi) is 6.61. The van der Waals surface area contributed by atoms with E-state index in [4.69, 9.17) is 21.1 Å². The van der Waals surface area contributed by atoms with Crippen LogP contribution in [-0.2, 0) is 9.59 Å². The summed E-state index contributed by atoms with van der Waals surface area (Å²) < 4.78 is 10.9. The van der Waals surface area contributed by atoms with Gasteiger partial charge < -0.3 is 14.6 Å². The first-order chi connectivity index (χ1) is 16.3. The Balaban J connectivity index is 1.97. The van der Waals surface area contributed by atoms with Gasteiger partial charge in [-0.25, -0.2) is 0 Å². The predicted octanol–water partition coefficient (Wildman–Crippen LogP) is 5.68. The van der Waals surface area contributed by atoms with Crippen LogP contribution in [0, 0.1) is 6.92 Å². The number of nitrogens with zero attached hydrogens (tertiary/aromatic N) is 1. The van der Waals surface area contributed by atoms with Crippen LogP contribution in [0.1, 0.15) is 29.7 Å². The van der Waals surface area contributed by atoms with Crippen LogP contribution in [0.25, 0.3) is 5.76 Å². The molecule has 34 heavy (non-hydrogen) atoms. The highest BCUT2D eigenvalue weighted by molar-refractivity contribution is 6.52. The fraction of sp³-hybridized carbons (Fsp3) is 0.185. The quantitative estimate of drug-likeness (QED) is 0.281. The van der Waals surface area contributed by atoms with Gasteiger partial charge >= 0.3 is 0 Å². The van der Waals surface area contributed by atoms with Crippen LogP contribution >= 0.6 is 11.6 Å². The number of ketones is 1. The Morgan fingerprint density at radius 3 is 2.50 bits per heavy atom. The average molecular weight is 478 g/mol. The van der Waals surface area contributed by atoms with E-state index in [9.17, 15) is 14.7 Å². The molecule has 1 aliphatic rings. The SMILES string of the molecule is CCOc1ccc(Cl)c(/C(O)=C2\C(=O)C(=O)N(c3cccc(C)c3)C2c2cccc(OC)c2)c1. The first-order valence-electron chi connectivity index (χ1n) is 10.8. The van der Waals surface area contributed by atoms with Crippen molar-refractivity contribution in [1.82, 2.24) is 0 Å². The number of aryl methyl sites for hydroxylation is 1. The normalized spacial score (nSPS) is 17.2. The van der Waals surface area contributed by atoms with Crippen molar-refractivity contribution in [3.05, 3.63) is 94.0 Å². The Hall–Kier alpha value is -3.77. The van der Waals surface area contributed by atoms with Gasteiger partial charge in [-0.1, -0.05) is 35.9 Å². The molecule has 3 aromatic carbocycles. The van der Waals surface area contributed by atoms with Crippen molar-refractivity contribution < 1.29 is 24.2 Å². The molecule has 0 saturated carbocycles. The van der Waals surface area contributed by atoms with Crippen LogP contribution in [0.4, 0.5) is 5.69 Å². The molecule has 0 aromatic heterocycles. The van der Waals surface area contributed by atoms with Gasteiger partial charge in [0.15, 0.2) is 0 Å². The fourth-order valence-electron chi connectivity index (χ4n) is 4.09. The van der Waals surface area contributed by atoms with E-state index in [1.807, 2.05) is 32.0 Å². The first-order valence-corrected chi connectivity index (χ1v) is 11.2. The molecular weight excluding hydrogens is 454 g/mol. The van der Waals surface area contributed by atoms with Crippen molar-refractivity contribution in [3.8, 4) is 11.5 Å². The van der Waals surface area contributed by atoms with Gasteiger partial charge in [0.05, 0.1) is 30.4 Å². The van der Waals surface area contributed by atoms with E-state index >= 15 is 0 Å². The molecule has 3 aromatic rings. The van der Waals surface area contributed by atoms with Crippen LogP contribution in [0.2, 0.25) is 5.02 Å². The van der Waals surface area contributed by atoms with E-state index in [1.165, 1.54) is 12.0 Å². The molecule has 1 unspecified atom stereocenters. The molecule has 0 radical (unpaired) electrons. The highest BCUT2D eigenvalue weighted by Gasteiger charge is 2.47. The summed E-state index contributed by atoms with van der Waals surface area (Å²) in [6.07, 6.45) is 0. The van der Waals surface area contributed by atoms with E-state index in [2.05, 4.69) is 0 Å². The van der Waals surface area contributed by atoms with Crippen LogP contribution in [-0.4, -0.2) is 30.5 Å². The number of hydrogen-bond donors (Lipinski definition) is 1. The summed E-state index contributed by atoms with van der Waals surface area (Å²) in [5, 5.41) is 11.6. The molecule has 1 aliphatic heterocycles. The molecule has 0 bridgehead atoms. The predicted molar refractivity (Wildman–Crippen MR) is 132 cm³/mol. The summed E-state index contributed by atoms with van der Waals surface area (Å²) in [7, 11) is 1.54. The molecule has 6 nitrogen and oxygen atoms in total. The number of amides is 1. The maximum Gasteiger partial charge on any atom is 0.300 e. The molecular formula is C27H24ClNO5. The van der Waals surface area contributed by atoms with Gasteiger partial charge in [0, 0.05) is 11.3 Å². The van der Waals surface area contributed by atoms with Crippen molar-refractivity contribution in [1.29, 1.82) is 0 Å². The summed E-state index contributed by atoms with van der Waals surface area (Å²) in [6.45, 7) is 4.16. The van der Waals surface area contributed by atoms with Crippen molar-refractivity contribution in [2.24, 2.45) is 0 Å². The third-order valence-electron chi connectivity index (χ3n) is 5.64. The lowest BCUT2D eigenvalue weighted by molar-refractivity contribution is -0.132. The Morgan fingerprint density at radius 1 is 1.03 bits per heavy atom. The number of methoxy groups -OCH3 is 1. The van der Waals surface area contributed by atoms with E-state index in [0.717, 1.165) is 5.56 Å². The third kappa shape index (κ3) is 4.24. The highest BCUT2D eigenvalue weighted by Crippen LogP contribution is 2.44. The molecule has 1 fully saturated rings. The molecule has 0 aliphatic carbocycles. The van der Waals surface area contributed by atoms with Gasteiger partial charge in [0.2, 0.25) is 0 Å². The number of Topliss-reactive ketones (excluding diaryl/α,β-unsaturated/α-hetero) is 1. The smallest absolute Gasteiger partial charge is 0.300 e. The van der Waals surface area contributed by atoms with Crippen molar-refractivity contribution >= 4 is 34.7 Å². The molecule has 1 N–H and O–H groups in total. The number of rotatable bonds is 6. The summed E-state index contributed by atoms with van der Waals surface area (Å²) in [5.41, 5.74) is 2.23. The maximum atomic E-state index is 13.3. The minimum absolute atomic E-state index is 0.0599. The topological polar surface area (TPSA) is 76.1 Å². The standard InChI is InChI=1S/C27H24ClNO5/c1-4-34-20-11-12-22(28)21(15-20)25(30)23-24(17-8-6-10-19(14-17)33-3)29(27(32)26(23)31)18-9-5-7-16(2)13-18/h5-15,24,30H,4H2,1-3H3/b25-23+. The molecule has 4 rings (SSSR count). The zero-order chi connectivity index (χ0) is 24.4. The van der Waals surface area contributed by atoms with Crippen LogP contribution in [0.5, 0.6) is 11.5 Å². The van der Waals surface area contributed by atoms with Gasteiger partial charge in [0.25, 0.3) is 11.7 Å². The number of ether oxygens (including phenoxy) is 2. The molecule has 1 saturated heterocycles. The Labute approximate surface area is 203 Å². The third-order valence-corrected chi connectivity index (χ3v) is 5.97. The van der Waals surface area contributed by atoms with Crippen molar-refractivity contribution in [2.75, 3.05) is 18.6 Å². The number of aliphatic hydroxyl groups excluding tert-OH is 1. The zero-order valence-corrected chi connectivity index (χ0v) is 19.8. The van der Waals surface area contributed by atoms with Gasteiger partial charge in [-0.15, -0.1) is 0 Å². The van der Waals surface area contributed by atoms with Crippen molar-refractivity contribution in [2.45, 2.75) is 19.9 Å². The van der Waals surface area contributed by atoms with Crippen LogP contribution in [0.3, 0.4) is 0 Å². The second kappa shape index (κ2) is 9.61. The number of hydrogen-bond acceptors (Lipinski definition) is 5. The number of carbonyl (C=O) groups is 2. The summed E-state index contributed by atoms with van der Waals surface area (Å²) in [5.74, 6) is -0.863. The first kappa shape index (κ1) is 23.4. The van der Waals surface area contributed by atoms with Crippen LogP contribution in [0.15, 0.2) is 72.3 Å². The number of halogens is 1. The molecule has 1 atom stereocenters. The Morgan fingerprint density at radius 2 is 1.79 bits per heavy atom. The maximum absolute atomic E-state index is 13.3. The monoisotopic (exact) mass is 477 g/mol. The lowest BCUT2D eigenvalue weighted by Crippen LogP contribution is -2.29. The summed E-state index contributed by atoms with van der Waals surface area (Å²) >= 11 is 6.39. The molecule has 1 amide bonds. The highest BCUT2D eigenvalue weighted by atomic mass is 35.5. The van der Waals surface area contributed by atoms with Gasteiger partial charge in [-0.05, 0) is 67.4 Å². The van der Waals surface area contributed by atoms with E-state index < -0.39 is 17.7 Å². The van der Waals surface area contributed by atoms with Gasteiger partial charge in [-0.3, -0.25) is 14.5 Å². The van der Waals surface area contributed by atoms with E-state index in [1.54, 1.807) is 48.5 Å². The number of benzene rings is 3. The van der Waals surface area contributed by atoms with Crippen molar-refractivity contribution in [3.63, 3.8) is 0 Å². The van der Waals surface area contributed by atoms with E-state index in [-0.39, 0.29) is 21.9 Å². The largest absolute Gasteiger partial charge is 0.507 e. The number of aliphatic hydroxyl groups is 1. The minimum atomic E-state index is -0.885. The molecule has 0 spiro atoms. The lowest BCUT2D eigenvalue weighted by Gasteiger charge is -2.26. The molecule has 174 valence electrons. The second-order valence-corrected chi connectivity index (χ2v) is 8.27. The second-order valence-electron chi connectivity index (χ2n) is 7.86. The number of anilines is 1. The summed E-state index contributed by atoms with van der Waals surface area (Å²) in [6, 6.07) is 18.3. The zero-order valence-electron chi connectivity index (χ0n) is 19.0. The van der Waals surface area contributed by atoms with Crippen LogP contribution < -0.4 is 14.4 Å². The minimum Gasteiger partial charge on any atom is -0.507 e. The Bertz CT molecular complexity index is 1300.